The molecule has 1 heterocycles. The maximum absolute atomic E-state index is 7.95. The van der Waals surface area contributed by atoms with Crippen LogP contribution in [0.3, 0.4) is 0 Å². The SMILES string of the molecule is [2H]c1nc(-c2c([2H])c([2H])c(C([2H])([2H])[2H])c([2H])c2[2H])c([2H])c([2H])c1[2H]. The lowest BCUT2D eigenvalue weighted by molar-refractivity contribution is 1.32. The van der Waals surface area contributed by atoms with Crippen LogP contribution in [-0.4, -0.2) is 4.98 Å². The number of benzene rings is 1. The quantitative estimate of drug-likeness (QED) is 0.657. The van der Waals surface area contributed by atoms with Crippen molar-refractivity contribution in [2.75, 3.05) is 0 Å². The smallest absolute Gasteiger partial charge is 0.0840 e. The number of rotatable bonds is 1. The fourth-order valence-corrected chi connectivity index (χ4v) is 0.780. The highest BCUT2D eigenvalue weighted by atomic mass is 14.7. The Kier molecular flexibility index (Phi) is 0.585. The Balaban J connectivity index is 2.94. The summed E-state index contributed by atoms with van der Waals surface area (Å²) in [5.74, 6) is 0. The topological polar surface area (TPSA) is 12.9 Å². The van der Waals surface area contributed by atoms with Crippen LogP contribution in [0.25, 0.3) is 11.3 Å². The van der Waals surface area contributed by atoms with E-state index in [2.05, 4.69) is 4.98 Å². The van der Waals surface area contributed by atoms with Crippen LogP contribution >= 0.6 is 0 Å². The number of hydrogen-bond acceptors (Lipinski definition) is 1. The van der Waals surface area contributed by atoms with Crippen molar-refractivity contribution < 1.29 is 15.1 Å². The van der Waals surface area contributed by atoms with Crippen molar-refractivity contribution in [3.05, 3.63) is 54.0 Å². The molecular formula is C12H11N. The summed E-state index contributed by atoms with van der Waals surface area (Å²) in [4.78, 5) is 3.62. The molecule has 0 saturated carbocycles. The number of nitrogens with zero attached hydrogens (tertiary/aromatic N) is 1. The van der Waals surface area contributed by atoms with Gasteiger partial charge in [0.25, 0.3) is 0 Å². The summed E-state index contributed by atoms with van der Waals surface area (Å²) in [5, 5.41) is 0. The van der Waals surface area contributed by atoms with E-state index in [-0.39, 0.29) is 0 Å². The summed E-state index contributed by atoms with van der Waals surface area (Å²) < 4.78 is 84.0. The van der Waals surface area contributed by atoms with Gasteiger partial charge in [-0.2, -0.15) is 0 Å². The van der Waals surface area contributed by atoms with E-state index >= 15 is 0 Å². The highest BCUT2D eigenvalue weighted by Gasteiger charge is 1.95. The molecule has 1 heteroatoms. The van der Waals surface area contributed by atoms with E-state index in [9.17, 15) is 0 Å². The predicted octanol–water partition coefficient (Wildman–Crippen LogP) is 3.06. The zero-order valence-electron chi connectivity index (χ0n) is 17.4. The largest absolute Gasteiger partial charge is 0.256 e. The summed E-state index contributed by atoms with van der Waals surface area (Å²) >= 11 is 0. The molecule has 0 radical (unpaired) electrons. The van der Waals surface area contributed by atoms with E-state index in [1.165, 1.54) is 0 Å². The van der Waals surface area contributed by atoms with Crippen molar-refractivity contribution in [2.24, 2.45) is 0 Å². The lowest BCUT2D eigenvalue weighted by Gasteiger charge is -1.99. The second-order valence-corrected chi connectivity index (χ2v) is 2.20. The van der Waals surface area contributed by atoms with Gasteiger partial charge in [-0.3, -0.25) is 4.98 Å². The molecule has 0 unspecified atom stereocenters. The average Bonchev–Trinajstić information content (AvgIpc) is 2.47. The highest BCUT2D eigenvalue weighted by Crippen LogP contribution is 2.15. The summed E-state index contributed by atoms with van der Waals surface area (Å²) in [6.45, 7) is -2.86. The van der Waals surface area contributed by atoms with Crippen LogP contribution in [0.4, 0.5) is 0 Å². The van der Waals surface area contributed by atoms with Gasteiger partial charge < -0.3 is 0 Å². The minimum absolute atomic E-state index is 0.463. The zero-order valence-corrected chi connectivity index (χ0v) is 6.45. The lowest BCUT2D eigenvalue weighted by atomic mass is 10.1. The van der Waals surface area contributed by atoms with Crippen LogP contribution in [0.15, 0.2) is 48.5 Å². The predicted molar refractivity (Wildman–Crippen MR) is 54.4 cm³/mol. The van der Waals surface area contributed by atoms with E-state index in [1.54, 1.807) is 0 Å². The molecule has 2 aromatic rings. The normalized spacial score (nSPS) is 22.9. The summed E-state index contributed by atoms with van der Waals surface area (Å²) in [6, 6.07) is -4.89. The minimum Gasteiger partial charge on any atom is -0.256 e. The van der Waals surface area contributed by atoms with Gasteiger partial charge >= 0.3 is 0 Å². The van der Waals surface area contributed by atoms with Gasteiger partial charge in [-0.15, -0.1) is 0 Å². The van der Waals surface area contributed by atoms with E-state index < -0.39 is 72.1 Å². The monoisotopic (exact) mass is 180 g/mol. The lowest BCUT2D eigenvalue weighted by Crippen LogP contribution is -1.81. The molecule has 0 spiro atoms. The molecule has 64 valence electrons. The second kappa shape index (κ2) is 3.40. The van der Waals surface area contributed by atoms with E-state index in [4.69, 9.17) is 15.1 Å². The average molecular weight is 180 g/mol. The van der Waals surface area contributed by atoms with Crippen LogP contribution in [0.2, 0.25) is 0 Å². The second-order valence-electron chi connectivity index (χ2n) is 2.20. The summed E-state index contributed by atoms with van der Waals surface area (Å²) in [5.41, 5.74) is -1.68. The Hall–Kier alpha value is -1.63. The van der Waals surface area contributed by atoms with Gasteiger partial charge in [0.1, 0.15) is 0 Å². The third-order valence-electron chi connectivity index (χ3n) is 1.33. The molecule has 0 aliphatic carbocycles. The fourth-order valence-electron chi connectivity index (χ4n) is 0.780. The van der Waals surface area contributed by atoms with Crippen LogP contribution in [-0.2, 0) is 0 Å². The fraction of sp³-hybridized carbons (Fsp3) is 0.0833. The number of hydrogen-bond donors (Lipinski definition) is 0. The molecule has 1 aromatic carbocycles. The molecule has 1 aromatic heterocycles. The third kappa shape index (κ3) is 1.75. The number of aromatic nitrogens is 1. The van der Waals surface area contributed by atoms with Crippen molar-refractivity contribution in [1.29, 1.82) is 0 Å². The first-order valence-corrected chi connectivity index (χ1v) is 3.45. The van der Waals surface area contributed by atoms with E-state index in [0.29, 0.717) is 0 Å². The zero-order chi connectivity index (χ0) is 18.6. The van der Waals surface area contributed by atoms with Gasteiger partial charge in [-0.05, 0) is 18.9 Å². The van der Waals surface area contributed by atoms with E-state index in [1.807, 2.05) is 0 Å². The first-order valence-electron chi connectivity index (χ1n) is 8.95. The molecule has 1 nitrogen and oxygen atoms in total. The van der Waals surface area contributed by atoms with Crippen LogP contribution in [0, 0.1) is 6.85 Å². The molecule has 0 bridgehead atoms. The van der Waals surface area contributed by atoms with Gasteiger partial charge in [0.15, 0.2) is 0 Å². The third-order valence-corrected chi connectivity index (χ3v) is 1.33. The Labute approximate surface area is 93.5 Å². The van der Waals surface area contributed by atoms with Crippen LogP contribution in [0.5, 0.6) is 0 Å². The molecule has 0 amide bonds. The Morgan fingerprint density at radius 3 is 2.77 bits per heavy atom. The van der Waals surface area contributed by atoms with Crippen molar-refractivity contribution in [3.63, 3.8) is 0 Å². The molecular weight excluding hydrogens is 158 g/mol. The molecule has 2 rings (SSSR count). The first kappa shape index (κ1) is 2.24. The maximum Gasteiger partial charge on any atom is 0.0840 e. The van der Waals surface area contributed by atoms with Crippen molar-refractivity contribution >= 4 is 0 Å². The molecule has 0 aliphatic rings. The molecule has 0 fully saturated rings. The Morgan fingerprint density at radius 2 is 2.00 bits per heavy atom. The molecule has 0 saturated heterocycles. The van der Waals surface area contributed by atoms with Crippen molar-refractivity contribution in [3.8, 4) is 11.3 Å². The Morgan fingerprint density at radius 1 is 1.15 bits per heavy atom. The first-order chi connectivity index (χ1) is 10.9. The van der Waals surface area contributed by atoms with Gasteiger partial charge in [-0.25, -0.2) is 0 Å². The maximum atomic E-state index is 7.95. The van der Waals surface area contributed by atoms with Gasteiger partial charge in [0.05, 0.1) is 16.7 Å². The molecule has 0 N–H and O–H groups in total. The van der Waals surface area contributed by atoms with E-state index in [0.717, 1.165) is 0 Å². The van der Waals surface area contributed by atoms with Gasteiger partial charge in [0.2, 0.25) is 0 Å². The van der Waals surface area contributed by atoms with Gasteiger partial charge in [-0.1, -0.05) is 35.8 Å². The molecule has 13 heavy (non-hydrogen) atoms. The molecule has 0 aliphatic heterocycles. The van der Waals surface area contributed by atoms with Crippen LogP contribution in [0.1, 0.15) is 20.6 Å². The standard InChI is InChI=1S/C12H11N/c1-10-5-7-11(8-6-10)12-4-2-3-9-13-12/h2-9H,1H3/i1D3,2D,3D,4D,5D,6D,7D,8D,9D. The van der Waals surface area contributed by atoms with Crippen molar-refractivity contribution in [2.45, 2.75) is 6.85 Å². The van der Waals surface area contributed by atoms with Gasteiger partial charge in [0, 0.05) is 15.8 Å². The van der Waals surface area contributed by atoms with Crippen molar-refractivity contribution in [1.82, 2.24) is 4.98 Å². The van der Waals surface area contributed by atoms with Crippen LogP contribution < -0.4 is 0 Å². The highest BCUT2D eigenvalue weighted by molar-refractivity contribution is 5.58. The Bertz CT molecular complexity index is 811. The molecule has 0 atom stereocenters. The minimum atomic E-state index is -2.86. The summed E-state index contributed by atoms with van der Waals surface area (Å²) in [7, 11) is 0. The summed E-state index contributed by atoms with van der Waals surface area (Å²) in [6.07, 6.45) is -0.650. The number of pyridine rings is 1.